The van der Waals surface area contributed by atoms with Gasteiger partial charge in [0.05, 0.1) is 11.2 Å². The average Bonchev–Trinajstić information content (AvgIpc) is 3.31. The molecule has 10 heteroatoms. The molecule has 9 nitrogen and oxygen atoms in total. The summed E-state index contributed by atoms with van der Waals surface area (Å²) in [5.74, 6) is 0.189. The topological polar surface area (TPSA) is 104 Å². The second-order valence-corrected chi connectivity index (χ2v) is 13.7. The number of benzene rings is 1. The van der Waals surface area contributed by atoms with Gasteiger partial charge in [0, 0.05) is 24.9 Å². The molecule has 2 aliphatic rings. The normalized spacial score (nSPS) is 20.9. The number of hydrogen-bond acceptors (Lipinski definition) is 8. The monoisotopic (exact) mass is 539 g/mol. The Morgan fingerprint density at radius 2 is 1.72 bits per heavy atom. The number of ketones is 1. The summed E-state index contributed by atoms with van der Waals surface area (Å²) < 4.78 is 23.6. The minimum absolute atomic E-state index is 0.0866. The minimum atomic E-state index is -0.616. The maximum atomic E-state index is 13.3. The molecule has 1 saturated heterocycles. The van der Waals surface area contributed by atoms with E-state index in [0.717, 1.165) is 16.6 Å². The third-order valence-corrected chi connectivity index (χ3v) is 7.64. The average molecular weight is 539 g/mol. The van der Waals surface area contributed by atoms with E-state index in [4.69, 9.17) is 18.6 Å². The first-order chi connectivity index (χ1) is 17.9. The molecule has 0 aliphatic carbocycles. The molecular weight excluding hydrogens is 497 g/mol. The van der Waals surface area contributed by atoms with E-state index in [1.54, 1.807) is 4.90 Å². The molecule has 1 amide bonds. The lowest BCUT2D eigenvalue weighted by Gasteiger charge is -2.32. The van der Waals surface area contributed by atoms with Crippen LogP contribution in [-0.4, -0.2) is 57.4 Å². The summed E-state index contributed by atoms with van der Waals surface area (Å²) >= 11 is 0. The number of rotatable bonds is 4. The summed E-state index contributed by atoms with van der Waals surface area (Å²) in [6.07, 6.45) is 0.417. The third kappa shape index (κ3) is 6.38. The van der Waals surface area contributed by atoms with E-state index in [1.165, 1.54) is 0 Å². The van der Waals surface area contributed by atoms with Crippen LogP contribution in [0.25, 0.3) is 0 Å². The fraction of sp³-hybridized carbons (Fsp3) is 0.655. The van der Waals surface area contributed by atoms with Crippen molar-refractivity contribution in [2.24, 2.45) is 0 Å². The van der Waals surface area contributed by atoms with Crippen LogP contribution in [0.5, 0.6) is 0 Å². The predicted octanol–water partition coefficient (Wildman–Crippen LogP) is 5.16. The van der Waals surface area contributed by atoms with Gasteiger partial charge >= 0.3 is 13.2 Å². The Kier molecular flexibility index (Phi) is 7.53. The van der Waals surface area contributed by atoms with Gasteiger partial charge in [0.2, 0.25) is 17.5 Å². The number of nitrogens with zero attached hydrogens (tertiary/aromatic N) is 3. The van der Waals surface area contributed by atoms with E-state index in [2.05, 4.69) is 10.1 Å². The molecule has 39 heavy (non-hydrogen) atoms. The van der Waals surface area contributed by atoms with Crippen LogP contribution in [-0.2, 0) is 26.0 Å². The largest absolute Gasteiger partial charge is 0.494 e. The van der Waals surface area contributed by atoms with Crippen LogP contribution in [0.15, 0.2) is 22.7 Å². The van der Waals surface area contributed by atoms with Crippen molar-refractivity contribution in [1.29, 1.82) is 0 Å². The molecule has 2 aliphatic heterocycles. The van der Waals surface area contributed by atoms with Gasteiger partial charge in [-0.15, -0.1) is 0 Å². The lowest BCUT2D eigenvalue weighted by Crippen LogP contribution is -2.41. The van der Waals surface area contributed by atoms with Crippen molar-refractivity contribution in [2.75, 3.05) is 6.54 Å². The van der Waals surface area contributed by atoms with Crippen LogP contribution in [0.3, 0.4) is 0 Å². The molecule has 1 atom stereocenters. The van der Waals surface area contributed by atoms with Crippen molar-refractivity contribution in [1.82, 2.24) is 15.0 Å². The first-order valence-corrected chi connectivity index (χ1v) is 13.7. The van der Waals surface area contributed by atoms with Crippen molar-refractivity contribution < 1.29 is 28.2 Å². The molecule has 4 rings (SSSR count). The third-order valence-electron chi connectivity index (χ3n) is 7.64. The number of ether oxygens (including phenoxy) is 1. The van der Waals surface area contributed by atoms with Crippen molar-refractivity contribution in [3.05, 3.63) is 41.0 Å². The second kappa shape index (κ2) is 10.0. The number of amides is 1. The Hall–Kier alpha value is -2.72. The van der Waals surface area contributed by atoms with Gasteiger partial charge in [0.25, 0.3) is 0 Å². The molecule has 0 spiro atoms. The first-order valence-electron chi connectivity index (χ1n) is 13.7. The number of aromatic nitrogens is 2. The van der Waals surface area contributed by atoms with Gasteiger partial charge in [-0.05, 0) is 77.4 Å². The quantitative estimate of drug-likeness (QED) is 0.388. The smallest absolute Gasteiger partial charge is 0.444 e. The number of carbonyl (C=O) groups excluding carboxylic acids is 2. The zero-order valence-electron chi connectivity index (χ0n) is 25.0. The van der Waals surface area contributed by atoms with E-state index in [0.29, 0.717) is 25.4 Å². The Labute approximate surface area is 232 Å². The van der Waals surface area contributed by atoms with Crippen molar-refractivity contribution in [2.45, 2.75) is 117 Å². The number of Topliss-reactive ketones (excluding diaryl/α,β-unsaturated/α-hetero) is 1. The summed E-state index contributed by atoms with van der Waals surface area (Å²) in [7, 11) is -0.534. The van der Waals surface area contributed by atoms with Crippen LogP contribution in [0, 0.1) is 0 Å². The number of hydrogen-bond donors (Lipinski definition) is 0. The molecule has 0 saturated carbocycles. The Bertz CT molecular complexity index is 1220. The summed E-state index contributed by atoms with van der Waals surface area (Å²) in [5.41, 5.74) is 0.905. The maximum absolute atomic E-state index is 13.3. The lowest BCUT2D eigenvalue weighted by molar-refractivity contribution is 0.00578. The van der Waals surface area contributed by atoms with Crippen molar-refractivity contribution >= 4 is 24.5 Å². The van der Waals surface area contributed by atoms with Crippen LogP contribution >= 0.6 is 0 Å². The minimum Gasteiger partial charge on any atom is -0.444 e. The predicted molar refractivity (Wildman–Crippen MR) is 148 cm³/mol. The summed E-state index contributed by atoms with van der Waals surface area (Å²) in [6, 6.07) is 6.06. The first kappa shape index (κ1) is 29.3. The summed E-state index contributed by atoms with van der Waals surface area (Å²) in [6.45, 7) is 20.3. The van der Waals surface area contributed by atoms with Gasteiger partial charge < -0.3 is 23.5 Å². The highest BCUT2D eigenvalue weighted by Crippen LogP contribution is 2.37. The van der Waals surface area contributed by atoms with E-state index in [9.17, 15) is 9.59 Å². The fourth-order valence-corrected chi connectivity index (χ4v) is 4.69. The van der Waals surface area contributed by atoms with Gasteiger partial charge in [-0.1, -0.05) is 44.1 Å². The molecule has 1 aromatic heterocycles. The van der Waals surface area contributed by atoms with Gasteiger partial charge in [-0.25, -0.2) is 4.79 Å². The SMILES string of the molecule is CC(C)(C)OC(=O)N1CC[C@@H](CC(=O)c2noc(C(C)(C)C)n2)c2ccc(B3OC(C)(C)C(C)(C)O3)cc2C1. The summed E-state index contributed by atoms with van der Waals surface area (Å²) in [5, 5.41) is 3.95. The summed E-state index contributed by atoms with van der Waals surface area (Å²) in [4.78, 5) is 32.4. The molecule has 1 aromatic carbocycles. The number of fused-ring (bicyclic) bond motifs is 1. The Morgan fingerprint density at radius 3 is 2.28 bits per heavy atom. The van der Waals surface area contributed by atoms with Crippen LogP contribution < -0.4 is 5.46 Å². The number of carbonyl (C=O) groups is 2. The molecule has 2 aromatic rings. The zero-order valence-corrected chi connectivity index (χ0v) is 25.0. The Balaban J connectivity index is 1.64. The molecular formula is C29H42BN3O6. The highest BCUT2D eigenvalue weighted by molar-refractivity contribution is 6.62. The molecule has 1 fully saturated rings. The highest BCUT2D eigenvalue weighted by atomic mass is 16.7. The molecule has 0 radical (unpaired) electrons. The molecule has 212 valence electrons. The molecule has 0 bridgehead atoms. The fourth-order valence-electron chi connectivity index (χ4n) is 4.69. The van der Waals surface area contributed by atoms with Crippen LogP contribution in [0.4, 0.5) is 4.79 Å². The van der Waals surface area contributed by atoms with Gasteiger partial charge in [0.1, 0.15) is 5.60 Å². The standard InChI is InChI=1S/C29H42BN3O6/c1-26(2,3)24-31-23(32-37-24)22(34)16-18-13-14-33(25(35)36-27(4,5)6)17-19-15-20(11-12-21(18)19)30-38-28(7,8)29(9,10)39-30/h11-12,15,18H,13-14,16-17H2,1-10H3/t18-/m0/s1. The zero-order chi connectivity index (χ0) is 29.0. The van der Waals surface area contributed by atoms with E-state index < -0.39 is 23.9 Å². The lowest BCUT2D eigenvalue weighted by atomic mass is 9.76. The highest BCUT2D eigenvalue weighted by Gasteiger charge is 2.51. The maximum Gasteiger partial charge on any atom is 0.494 e. The second-order valence-electron chi connectivity index (χ2n) is 13.7. The van der Waals surface area contributed by atoms with Crippen LogP contribution in [0.1, 0.15) is 116 Å². The van der Waals surface area contributed by atoms with Crippen LogP contribution in [0.2, 0.25) is 0 Å². The van der Waals surface area contributed by atoms with Gasteiger partial charge in [0.15, 0.2) is 0 Å². The van der Waals surface area contributed by atoms with Crippen molar-refractivity contribution in [3.63, 3.8) is 0 Å². The van der Waals surface area contributed by atoms with Gasteiger partial charge in [-0.3, -0.25) is 4.79 Å². The van der Waals surface area contributed by atoms with E-state index in [-0.39, 0.29) is 35.5 Å². The molecule has 0 unspecified atom stereocenters. The Morgan fingerprint density at radius 1 is 1.08 bits per heavy atom. The molecule has 0 N–H and O–H groups in total. The van der Waals surface area contributed by atoms with Gasteiger partial charge in [-0.2, -0.15) is 4.98 Å². The van der Waals surface area contributed by atoms with Crippen molar-refractivity contribution in [3.8, 4) is 0 Å². The van der Waals surface area contributed by atoms with E-state index in [1.807, 2.05) is 87.4 Å². The molecule has 3 heterocycles. The van der Waals surface area contributed by atoms with E-state index >= 15 is 0 Å².